The number of carbonyl (C=O) groups excluding carboxylic acids is 2. The average Bonchev–Trinajstić information content (AvgIpc) is 3.50. The van der Waals surface area contributed by atoms with Gasteiger partial charge in [0.2, 0.25) is 5.88 Å². The molecule has 0 saturated heterocycles. The summed E-state index contributed by atoms with van der Waals surface area (Å²) in [4.78, 5) is 48.8. The number of fused-ring (bicyclic) bond motifs is 1. The van der Waals surface area contributed by atoms with Gasteiger partial charge in [0.05, 0.1) is 55.8 Å². The molecular weight excluding hydrogens is 568 g/mol. The summed E-state index contributed by atoms with van der Waals surface area (Å²) in [6.07, 6.45) is 1.04. The Bertz CT molecular complexity index is 1610. The molecule has 5 rings (SSSR count). The number of aryl methyl sites for hydroxylation is 1. The number of nitrogens with one attached hydrogen (secondary N) is 1. The van der Waals surface area contributed by atoms with E-state index in [1.165, 1.54) is 42.8 Å². The van der Waals surface area contributed by atoms with E-state index in [1.54, 1.807) is 19.1 Å². The van der Waals surface area contributed by atoms with Crippen LogP contribution in [0.2, 0.25) is 5.15 Å². The molecule has 1 aliphatic rings. The van der Waals surface area contributed by atoms with Crippen LogP contribution in [0.3, 0.4) is 0 Å². The fourth-order valence-corrected chi connectivity index (χ4v) is 5.24. The monoisotopic (exact) mass is 587 g/mol. The fraction of sp³-hybridized carbons (Fsp3) is 0.240. The van der Waals surface area contributed by atoms with Crippen LogP contribution >= 0.6 is 22.9 Å². The molecule has 0 fully saturated rings. The Balaban J connectivity index is 1.33. The van der Waals surface area contributed by atoms with Crippen LogP contribution in [0.1, 0.15) is 49.2 Å². The van der Waals surface area contributed by atoms with Crippen molar-refractivity contribution in [2.24, 2.45) is 0 Å². The van der Waals surface area contributed by atoms with Crippen molar-refractivity contribution in [2.45, 2.75) is 26.4 Å². The molecule has 0 saturated carbocycles. The first-order valence-corrected chi connectivity index (χ1v) is 12.8. The number of halogens is 3. The van der Waals surface area contributed by atoms with Gasteiger partial charge in [-0.15, -0.1) is 0 Å². The predicted molar refractivity (Wildman–Crippen MR) is 141 cm³/mol. The highest BCUT2D eigenvalue weighted by atomic mass is 35.5. The van der Waals surface area contributed by atoms with Crippen LogP contribution < -0.4 is 14.8 Å². The molecule has 1 aliphatic heterocycles. The molecule has 0 spiro atoms. The Hall–Kier alpha value is -4.30. The van der Waals surface area contributed by atoms with Crippen LogP contribution in [-0.4, -0.2) is 55.9 Å². The molecule has 40 heavy (non-hydrogen) atoms. The van der Waals surface area contributed by atoms with E-state index in [1.807, 2.05) is 0 Å². The van der Waals surface area contributed by atoms with E-state index in [9.17, 15) is 18.4 Å². The summed E-state index contributed by atoms with van der Waals surface area (Å²) in [5.74, 6) is -0.926. The fourth-order valence-electron chi connectivity index (χ4n) is 4.10. The highest BCUT2D eigenvalue weighted by Crippen LogP contribution is 2.36. The number of rotatable bonds is 7. The number of nitrogens with zero attached hydrogens (tertiary/aromatic N) is 6. The van der Waals surface area contributed by atoms with Crippen molar-refractivity contribution in [3.05, 3.63) is 69.1 Å². The van der Waals surface area contributed by atoms with E-state index in [0.29, 0.717) is 33.4 Å². The zero-order valence-electron chi connectivity index (χ0n) is 21.2. The first-order chi connectivity index (χ1) is 19.2. The number of carbonyl (C=O) groups is 2. The summed E-state index contributed by atoms with van der Waals surface area (Å²) in [6.45, 7) is 2.14. The predicted octanol–water partition coefficient (Wildman–Crippen LogP) is 4.72. The summed E-state index contributed by atoms with van der Waals surface area (Å²) >= 11 is 7.33. The summed E-state index contributed by atoms with van der Waals surface area (Å²) in [7, 11) is 2.67. The minimum absolute atomic E-state index is 0.129. The van der Waals surface area contributed by atoms with Gasteiger partial charge in [-0.05, 0) is 19.1 Å². The number of aromatic nitrogens is 5. The van der Waals surface area contributed by atoms with Gasteiger partial charge in [-0.1, -0.05) is 22.9 Å². The van der Waals surface area contributed by atoms with Crippen molar-refractivity contribution in [2.75, 3.05) is 19.5 Å². The highest BCUT2D eigenvalue weighted by molar-refractivity contribution is 7.16. The van der Waals surface area contributed by atoms with Crippen molar-refractivity contribution in [1.29, 1.82) is 0 Å². The Morgan fingerprint density at radius 2 is 1.85 bits per heavy atom. The summed E-state index contributed by atoms with van der Waals surface area (Å²) in [5, 5.41) is 3.38. The maximum Gasteiger partial charge on any atom is 0.285 e. The lowest BCUT2D eigenvalue weighted by atomic mass is 10.0. The van der Waals surface area contributed by atoms with E-state index in [4.69, 9.17) is 21.1 Å². The van der Waals surface area contributed by atoms with Gasteiger partial charge in [-0.2, -0.15) is 0 Å². The Morgan fingerprint density at radius 3 is 2.55 bits per heavy atom. The SMILES string of the molecule is COc1cnc(Cl)cc1-c1cc(C)ncc1C(=O)Nc1nc2c(s1)CN(C(=O)c1cnc(C(F)F)c(OC)n1)C2. The third-order valence-corrected chi connectivity index (χ3v) is 7.18. The highest BCUT2D eigenvalue weighted by Gasteiger charge is 2.30. The number of hydrogen-bond acceptors (Lipinski definition) is 10. The second kappa shape index (κ2) is 11.1. The first kappa shape index (κ1) is 27.3. The standard InChI is InChI=1S/C25H20ClF2N7O4S/c1-11-4-12(13-5-19(26)30-8-17(13)38-2)14(6-29-11)22(36)34-25-33-16-9-35(10-18(16)40-25)24(37)15-7-31-20(21(27)28)23(32-15)39-3/h4-8,21H,9-10H2,1-3H3,(H,33,34,36). The van der Waals surface area contributed by atoms with Crippen molar-refractivity contribution in [3.63, 3.8) is 0 Å². The van der Waals surface area contributed by atoms with Crippen molar-refractivity contribution in [3.8, 4) is 22.8 Å². The molecular formula is C25H20ClF2N7O4S. The van der Waals surface area contributed by atoms with E-state index < -0.39 is 29.8 Å². The Morgan fingerprint density at radius 1 is 1.05 bits per heavy atom. The number of hydrogen-bond donors (Lipinski definition) is 1. The molecule has 0 radical (unpaired) electrons. The minimum atomic E-state index is -2.89. The number of anilines is 1. The molecule has 0 bridgehead atoms. The van der Waals surface area contributed by atoms with Gasteiger partial charge in [0, 0.05) is 23.0 Å². The maximum atomic E-state index is 13.3. The van der Waals surface area contributed by atoms with Gasteiger partial charge in [0.25, 0.3) is 18.2 Å². The average molecular weight is 588 g/mol. The van der Waals surface area contributed by atoms with Crippen LogP contribution in [-0.2, 0) is 13.1 Å². The summed E-state index contributed by atoms with van der Waals surface area (Å²) < 4.78 is 36.4. The molecule has 0 atom stereocenters. The number of alkyl halides is 2. The molecule has 15 heteroatoms. The molecule has 11 nitrogen and oxygen atoms in total. The van der Waals surface area contributed by atoms with E-state index in [0.717, 1.165) is 11.1 Å². The van der Waals surface area contributed by atoms with Crippen molar-refractivity contribution < 1.29 is 27.8 Å². The second-order valence-electron chi connectivity index (χ2n) is 8.53. The van der Waals surface area contributed by atoms with Crippen LogP contribution in [0.15, 0.2) is 30.7 Å². The zero-order chi connectivity index (χ0) is 28.6. The largest absolute Gasteiger partial charge is 0.494 e. The molecule has 5 heterocycles. The molecule has 4 aromatic heterocycles. The van der Waals surface area contributed by atoms with E-state index >= 15 is 0 Å². The normalized spacial score (nSPS) is 12.4. The van der Waals surface area contributed by atoms with Gasteiger partial charge < -0.3 is 14.4 Å². The van der Waals surface area contributed by atoms with E-state index in [2.05, 4.69) is 30.2 Å². The minimum Gasteiger partial charge on any atom is -0.494 e. The van der Waals surface area contributed by atoms with Gasteiger partial charge >= 0.3 is 0 Å². The second-order valence-corrected chi connectivity index (χ2v) is 10.0. The molecule has 206 valence electrons. The molecule has 1 N–H and O–H groups in total. The van der Waals surface area contributed by atoms with Crippen molar-refractivity contribution >= 4 is 39.9 Å². The van der Waals surface area contributed by atoms with Crippen LogP contribution in [0.5, 0.6) is 11.6 Å². The smallest absolute Gasteiger partial charge is 0.285 e. The lowest BCUT2D eigenvalue weighted by Crippen LogP contribution is -2.27. The zero-order valence-corrected chi connectivity index (χ0v) is 22.8. The van der Waals surface area contributed by atoms with Crippen LogP contribution in [0.25, 0.3) is 11.1 Å². The molecule has 0 aromatic carbocycles. The summed E-state index contributed by atoms with van der Waals surface area (Å²) in [5.41, 5.74) is 1.93. The van der Waals surface area contributed by atoms with Crippen LogP contribution in [0, 0.1) is 6.92 Å². The number of pyridine rings is 2. The first-order valence-electron chi connectivity index (χ1n) is 11.6. The number of thiazole rings is 1. The van der Waals surface area contributed by atoms with Gasteiger partial charge in [0.1, 0.15) is 10.9 Å². The van der Waals surface area contributed by atoms with Crippen LogP contribution in [0.4, 0.5) is 13.9 Å². The topological polar surface area (TPSA) is 132 Å². The molecule has 0 aliphatic carbocycles. The third-order valence-electron chi connectivity index (χ3n) is 5.98. The van der Waals surface area contributed by atoms with Crippen molar-refractivity contribution in [1.82, 2.24) is 29.8 Å². The Labute approximate surface area is 235 Å². The lowest BCUT2D eigenvalue weighted by Gasteiger charge is -2.16. The number of ether oxygens (including phenoxy) is 2. The maximum absolute atomic E-state index is 13.3. The van der Waals surface area contributed by atoms with Gasteiger partial charge in [-0.3, -0.25) is 19.9 Å². The molecule has 4 aromatic rings. The molecule has 0 unspecified atom stereocenters. The van der Waals surface area contributed by atoms with Gasteiger partial charge in [0.15, 0.2) is 16.5 Å². The van der Waals surface area contributed by atoms with E-state index in [-0.39, 0.29) is 29.5 Å². The quantitative estimate of drug-likeness (QED) is 0.305. The third kappa shape index (κ3) is 5.27. The lowest BCUT2D eigenvalue weighted by molar-refractivity contribution is 0.0741. The summed E-state index contributed by atoms with van der Waals surface area (Å²) in [6, 6.07) is 3.36. The van der Waals surface area contributed by atoms with Gasteiger partial charge in [-0.25, -0.2) is 28.7 Å². The number of methoxy groups -OCH3 is 2. The number of amides is 2. The molecule has 2 amide bonds. The Kier molecular flexibility index (Phi) is 7.54.